The van der Waals surface area contributed by atoms with Crippen LogP contribution < -0.4 is 9.47 Å². The van der Waals surface area contributed by atoms with E-state index in [2.05, 4.69) is 4.98 Å². The van der Waals surface area contributed by atoms with E-state index in [4.69, 9.17) is 32.7 Å². The van der Waals surface area contributed by atoms with E-state index in [-0.39, 0.29) is 0 Å². The number of H-pyrrole nitrogens is 1. The van der Waals surface area contributed by atoms with Gasteiger partial charge in [-0.25, -0.2) is 0 Å². The fourth-order valence-corrected chi connectivity index (χ4v) is 2.58. The number of hydrogen-bond donors (Lipinski definition) is 1. The van der Waals surface area contributed by atoms with Crippen molar-refractivity contribution in [2.45, 2.75) is 0 Å². The number of aromatic amines is 1. The molecule has 3 nitrogen and oxygen atoms in total. The van der Waals surface area contributed by atoms with Gasteiger partial charge in [-0.2, -0.15) is 0 Å². The average molecular weight is 322 g/mol. The fourth-order valence-electron chi connectivity index (χ4n) is 2.28. The number of methoxy groups -OCH3 is 2. The van der Waals surface area contributed by atoms with Crippen LogP contribution in [-0.2, 0) is 0 Å². The molecule has 1 aromatic heterocycles. The zero-order chi connectivity index (χ0) is 15.0. The van der Waals surface area contributed by atoms with Crippen LogP contribution in [0.15, 0.2) is 36.4 Å². The number of aromatic nitrogens is 1. The first-order valence-electron chi connectivity index (χ1n) is 6.32. The molecular weight excluding hydrogens is 309 g/mol. The molecule has 3 aromatic rings. The molecule has 3 rings (SSSR count). The molecule has 0 aliphatic rings. The molecule has 1 heterocycles. The third-order valence-corrected chi connectivity index (χ3v) is 4.09. The molecule has 1 N–H and O–H groups in total. The van der Waals surface area contributed by atoms with Crippen LogP contribution in [0.4, 0.5) is 0 Å². The first-order valence-corrected chi connectivity index (χ1v) is 7.08. The molecular formula is C16H13Cl2NO2. The molecule has 0 spiro atoms. The smallest absolute Gasteiger partial charge is 0.162 e. The number of halogens is 2. The summed E-state index contributed by atoms with van der Waals surface area (Å²) >= 11 is 12.0. The number of nitrogens with one attached hydrogen (secondary N) is 1. The van der Waals surface area contributed by atoms with Gasteiger partial charge in [-0.1, -0.05) is 29.3 Å². The summed E-state index contributed by atoms with van der Waals surface area (Å²) in [5.74, 6) is 1.39. The van der Waals surface area contributed by atoms with E-state index in [0.717, 1.165) is 22.2 Å². The van der Waals surface area contributed by atoms with Crippen LogP contribution in [0.2, 0.25) is 10.0 Å². The maximum atomic E-state index is 6.07. The Bertz CT molecular complexity index is 770. The molecule has 0 bridgehead atoms. The van der Waals surface area contributed by atoms with Crippen molar-refractivity contribution in [3.63, 3.8) is 0 Å². The minimum Gasteiger partial charge on any atom is -0.493 e. The standard InChI is InChI=1S/C16H13Cl2NO2/c1-20-15-7-10-6-13(19-14(10)8-16(15)21-2)9-3-4-11(17)12(18)5-9/h3-8,19H,1-2H3. The minimum absolute atomic E-state index is 0.531. The van der Waals surface area contributed by atoms with Crippen LogP contribution in [0, 0.1) is 0 Å². The molecule has 0 radical (unpaired) electrons. The molecule has 21 heavy (non-hydrogen) atoms. The molecule has 0 atom stereocenters. The Morgan fingerprint density at radius 2 is 1.57 bits per heavy atom. The lowest BCUT2D eigenvalue weighted by molar-refractivity contribution is 0.356. The zero-order valence-electron chi connectivity index (χ0n) is 11.5. The third kappa shape index (κ3) is 2.55. The highest BCUT2D eigenvalue weighted by Gasteiger charge is 2.10. The van der Waals surface area contributed by atoms with Gasteiger partial charge in [0.25, 0.3) is 0 Å². The van der Waals surface area contributed by atoms with Crippen molar-refractivity contribution in [3.05, 3.63) is 46.4 Å². The molecule has 0 amide bonds. The van der Waals surface area contributed by atoms with Crippen LogP contribution in [0.5, 0.6) is 11.5 Å². The normalized spacial score (nSPS) is 10.9. The predicted octanol–water partition coefficient (Wildman–Crippen LogP) is 5.16. The van der Waals surface area contributed by atoms with Gasteiger partial charge in [0, 0.05) is 22.7 Å². The SMILES string of the molecule is COc1cc2cc(-c3ccc(Cl)c(Cl)c3)[nH]c2cc1OC. The van der Waals surface area contributed by atoms with Gasteiger partial charge in [-0.15, -0.1) is 0 Å². The van der Waals surface area contributed by atoms with E-state index in [9.17, 15) is 0 Å². The second kappa shape index (κ2) is 5.51. The molecule has 5 heteroatoms. The van der Waals surface area contributed by atoms with E-state index in [1.54, 1.807) is 20.3 Å². The minimum atomic E-state index is 0.531. The lowest BCUT2D eigenvalue weighted by atomic mass is 10.1. The van der Waals surface area contributed by atoms with Crippen molar-refractivity contribution in [1.29, 1.82) is 0 Å². The highest BCUT2D eigenvalue weighted by molar-refractivity contribution is 6.42. The molecule has 2 aromatic carbocycles. The monoisotopic (exact) mass is 321 g/mol. The Labute approximate surface area is 132 Å². The molecule has 0 aliphatic heterocycles. The Morgan fingerprint density at radius 3 is 2.24 bits per heavy atom. The van der Waals surface area contributed by atoms with Crippen molar-refractivity contribution in [2.24, 2.45) is 0 Å². The van der Waals surface area contributed by atoms with Gasteiger partial charge in [0.05, 0.1) is 24.3 Å². The first-order chi connectivity index (χ1) is 10.1. The van der Waals surface area contributed by atoms with Crippen LogP contribution in [0.25, 0.3) is 22.2 Å². The number of benzene rings is 2. The molecule has 0 aliphatic carbocycles. The topological polar surface area (TPSA) is 34.2 Å². The van der Waals surface area contributed by atoms with Gasteiger partial charge in [-0.05, 0) is 29.8 Å². The second-order valence-corrected chi connectivity index (χ2v) is 5.42. The maximum absolute atomic E-state index is 6.07. The summed E-state index contributed by atoms with van der Waals surface area (Å²) in [4.78, 5) is 3.35. The van der Waals surface area contributed by atoms with Crippen molar-refractivity contribution in [1.82, 2.24) is 4.98 Å². The Hall–Kier alpha value is -1.84. The summed E-state index contributed by atoms with van der Waals surface area (Å²) in [7, 11) is 3.24. The van der Waals surface area contributed by atoms with Gasteiger partial charge >= 0.3 is 0 Å². The van der Waals surface area contributed by atoms with Gasteiger partial charge < -0.3 is 14.5 Å². The summed E-state index contributed by atoms with van der Waals surface area (Å²) in [6.45, 7) is 0. The number of rotatable bonds is 3. The summed E-state index contributed by atoms with van der Waals surface area (Å²) in [6, 6.07) is 11.4. The molecule has 0 fully saturated rings. The molecule has 0 unspecified atom stereocenters. The first kappa shape index (κ1) is 14.1. The average Bonchev–Trinajstić information content (AvgIpc) is 2.91. The quantitative estimate of drug-likeness (QED) is 0.723. The largest absolute Gasteiger partial charge is 0.493 e. The summed E-state index contributed by atoms with van der Waals surface area (Å²) in [6.07, 6.45) is 0. The maximum Gasteiger partial charge on any atom is 0.162 e. The Morgan fingerprint density at radius 1 is 0.857 bits per heavy atom. The number of hydrogen-bond acceptors (Lipinski definition) is 2. The lowest BCUT2D eigenvalue weighted by Gasteiger charge is -2.06. The predicted molar refractivity (Wildman–Crippen MR) is 86.9 cm³/mol. The van der Waals surface area contributed by atoms with E-state index in [1.807, 2.05) is 30.3 Å². The van der Waals surface area contributed by atoms with Gasteiger partial charge in [0.1, 0.15) is 0 Å². The summed E-state index contributed by atoms with van der Waals surface area (Å²) in [5, 5.41) is 2.11. The van der Waals surface area contributed by atoms with Crippen molar-refractivity contribution in [3.8, 4) is 22.8 Å². The van der Waals surface area contributed by atoms with E-state index in [0.29, 0.717) is 21.5 Å². The molecule has 0 saturated heterocycles. The fraction of sp³-hybridized carbons (Fsp3) is 0.125. The van der Waals surface area contributed by atoms with Crippen LogP contribution in [-0.4, -0.2) is 19.2 Å². The third-order valence-electron chi connectivity index (χ3n) is 3.36. The number of ether oxygens (including phenoxy) is 2. The van der Waals surface area contributed by atoms with Crippen LogP contribution in [0.1, 0.15) is 0 Å². The molecule has 0 saturated carbocycles. The highest BCUT2D eigenvalue weighted by atomic mass is 35.5. The number of fused-ring (bicyclic) bond motifs is 1. The summed E-state index contributed by atoms with van der Waals surface area (Å²) < 4.78 is 10.6. The Balaban J connectivity index is 2.14. The van der Waals surface area contributed by atoms with E-state index < -0.39 is 0 Å². The zero-order valence-corrected chi connectivity index (χ0v) is 13.0. The molecule has 108 valence electrons. The van der Waals surface area contributed by atoms with Crippen molar-refractivity contribution >= 4 is 34.1 Å². The Kier molecular flexibility index (Phi) is 3.70. The van der Waals surface area contributed by atoms with Gasteiger partial charge in [0.15, 0.2) is 11.5 Å². The second-order valence-electron chi connectivity index (χ2n) is 4.61. The van der Waals surface area contributed by atoms with Crippen LogP contribution in [0.3, 0.4) is 0 Å². The van der Waals surface area contributed by atoms with Gasteiger partial charge in [0.2, 0.25) is 0 Å². The van der Waals surface area contributed by atoms with E-state index in [1.165, 1.54) is 0 Å². The van der Waals surface area contributed by atoms with Crippen molar-refractivity contribution < 1.29 is 9.47 Å². The van der Waals surface area contributed by atoms with Crippen LogP contribution >= 0.6 is 23.2 Å². The highest BCUT2D eigenvalue weighted by Crippen LogP contribution is 2.35. The van der Waals surface area contributed by atoms with E-state index >= 15 is 0 Å². The summed E-state index contributed by atoms with van der Waals surface area (Å²) in [5.41, 5.74) is 2.89. The lowest BCUT2D eigenvalue weighted by Crippen LogP contribution is -1.89. The van der Waals surface area contributed by atoms with Gasteiger partial charge in [-0.3, -0.25) is 0 Å². The van der Waals surface area contributed by atoms with Crippen molar-refractivity contribution in [2.75, 3.05) is 14.2 Å².